The highest BCUT2D eigenvalue weighted by atomic mass is 16.5. The first-order valence-electron chi connectivity index (χ1n) is 9.54. The van der Waals surface area contributed by atoms with Crippen molar-refractivity contribution in [3.8, 4) is 0 Å². The lowest BCUT2D eigenvalue weighted by Crippen LogP contribution is -2.55. The summed E-state index contributed by atoms with van der Waals surface area (Å²) in [5.41, 5.74) is 0. The molecule has 3 saturated heterocycles. The predicted octanol–water partition coefficient (Wildman–Crippen LogP) is 1.15. The van der Waals surface area contributed by atoms with E-state index in [1.54, 1.807) is 11.8 Å². The van der Waals surface area contributed by atoms with E-state index >= 15 is 0 Å². The van der Waals surface area contributed by atoms with Crippen LogP contribution in [0.4, 0.5) is 0 Å². The van der Waals surface area contributed by atoms with Gasteiger partial charge in [-0.15, -0.1) is 0 Å². The Labute approximate surface area is 144 Å². The monoisotopic (exact) mass is 337 g/mol. The SMILES string of the molecule is CC(=O)N1CCCC[C@@H]1C(=O)NC1CCN(C2CCOCC2)CC1. The van der Waals surface area contributed by atoms with Gasteiger partial charge in [0.05, 0.1) is 0 Å². The molecule has 3 aliphatic heterocycles. The van der Waals surface area contributed by atoms with Crippen LogP contribution in [0.2, 0.25) is 0 Å². The summed E-state index contributed by atoms with van der Waals surface area (Å²) in [7, 11) is 0. The fraction of sp³-hybridized carbons (Fsp3) is 0.889. The summed E-state index contributed by atoms with van der Waals surface area (Å²) in [4.78, 5) is 28.7. The molecule has 0 bridgehead atoms. The molecule has 3 fully saturated rings. The lowest BCUT2D eigenvalue weighted by Gasteiger charge is -2.40. The van der Waals surface area contributed by atoms with Gasteiger partial charge in [-0.05, 0) is 44.9 Å². The van der Waals surface area contributed by atoms with Crippen LogP contribution < -0.4 is 5.32 Å². The van der Waals surface area contributed by atoms with Gasteiger partial charge in [0, 0.05) is 51.9 Å². The minimum atomic E-state index is -0.259. The Balaban J connectivity index is 1.46. The van der Waals surface area contributed by atoms with Crippen LogP contribution in [0.5, 0.6) is 0 Å². The third-order valence-electron chi connectivity index (χ3n) is 5.79. The summed E-state index contributed by atoms with van der Waals surface area (Å²) < 4.78 is 5.44. The predicted molar refractivity (Wildman–Crippen MR) is 91.6 cm³/mol. The fourth-order valence-corrected chi connectivity index (χ4v) is 4.34. The highest BCUT2D eigenvalue weighted by Crippen LogP contribution is 2.21. The number of rotatable bonds is 3. The summed E-state index contributed by atoms with van der Waals surface area (Å²) >= 11 is 0. The molecule has 3 heterocycles. The third kappa shape index (κ3) is 4.28. The van der Waals surface area contributed by atoms with E-state index in [-0.39, 0.29) is 23.9 Å². The van der Waals surface area contributed by atoms with E-state index in [4.69, 9.17) is 4.74 Å². The molecule has 0 aromatic carbocycles. The van der Waals surface area contributed by atoms with Crippen molar-refractivity contribution < 1.29 is 14.3 Å². The minimum Gasteiger partial charge on any atom is -0.381 e. The molecule has 0 spiro atoms. The topological polar surface area (TPSA) is 61.9 Å². The van der Waals surface area contributed by atoms with E-state index in [0.717, 1.165) is 77.8 Å². The Kier molecular flexibility index (Phi) is 6.11. The summed E-state index contributed by atoms with van der Waals surface area (Å²) in [6.07, 6.45) is 7.12. The molecule has 0 unspecified atom stereocenters. The molecule has 1 atom stereocenters. The molecule has 6 heteroatoms. The first kappa shape index (κ1) is 17.7. The van der Waals surface area contributed by atoms with Gasteiger partial charge in [-0.1, -0.05) is 0 Å². The molecule has 136 valence electrons. The number of nitrogens with zero attached hydrogens (tertiary/aromatic N) is 2. The van der Waals surface area contributed by atoms with Crippen molar-refractivity contribution in [2.24, 2.45) is 0 Å². The van der Waals surface area contributed by atoms with Crippen LogP contribution in [-0.4, -0.2) is 72.6 Å². The zero-order valence-corrected chi connectivity index (χ0v) is 14.8. The molecule has 2 amide bonds. The van der Waals surface area contributed by atoms with Crippen LogP contribution in [0.3, 0.4) is 0 Å². The standard InChI is InChI=1S/C18H31N3O3/c1-14(22)21-9-3-2-4-17(21)18(23)19-15-5-10-20(11-6-15)16-7-12-24-13-8-16/h15-17H,2-13H2,1H3,(H,19,23)/t17-/m1/s1. The molecular formula is C18H31N3O3. The van der Waals surface area contributed by atoms with Crippen molar-refractivity contribution in [1.29, 1.82) is 0 Å². The zero-order valence-electron chi connectivity index (χ0n) is 14.8. The molecule has 3 rings (SSSR count). The normalized spacial score (nSPS) is 27.9. The fourth-order valence-electron chi connectivity index (χ4n) is 4.34. The number of likely N-dealkylation sites (tertiary alicyclic amines) is 2. The molecule has 1 N–H and O–H groups in total. The molecule has 3 aliphatic rings. The van der Waals surface area contributed by atoms with Gasteiger partial charge in [0.15, 0.2) is 0 Å². The van der Waals surface area contributed by atoms with Gasteiger partial charge in [0.1, 0.15) is 6.04 Å². The van der Waals surface area contributed by atoms with E-state index in [1.165, 1.54) is 0 Å². The average molecular weight is 337 g/mol. The van der Waals surface area contributed by atoms with Crippen LogP contribution in [0.15, 0.2) is 0 Å². The maximum absolute atomic E-state index is 12.6. The van der Waals surface area contributed by atoms with Crippen molar-refractivity contribution in [3.63, 3.8) is 0 Å². The summed E-state index contributed by atoms with van der Waals surface area (Å²) in [5, 5.41) is 3.21. The van der Waals surface area contributed by atoms with Gasteiger partial charge >= 0.3 is 0 Å². The van der Waals surface area contributed by atoms with Gasteiger partial charge < -0.3 is 19.9 Å². The van der Waals surface area contributed by atoms with Crippen LogP contribution in [0, 0.1) is 0 Å². The maximum Gasteiger partial charge on any atom is 0.243 e. The Bertz CT molecular complexity index is 443. The molecule has 0 saturated carbocycles. The number of carbonyl (C=O) groups excluding carboxylic acids is 2. The Morgan fingerprint density at radius 3 is 2.33 bits per heavy atom. The Morgan fingerprint density at radius 1 is 0.958 bits per heavy atom. The van der Waals surface area contributed by atoms with Crippen molar-refractivity contribution in [2.45, 2.75) is 70.0 Å². The first-order chi connectivity index (χ1) is 11.6. The molecule has 0 aromatic heterocycles. The largest absolute Gasteiger partial charge is 0.381 e. The van der Waals surface area contributed by atoms with Crippen LogP contribution in [-0.2, 0) is 14.3 Å². The maximum atomic E-state index is 12.6. The molecule has 24 heavy (non-hydrogen) atoms. The van der Waals surface area contributed by atoms with Crippen LogP contribution in [0.25, 0.3) is 0 Å². The van der Waals surface area contributed by atoms with E-state index in [1.807, 2.05) is 0 Å². The number of nitrogens with one attached hydrogen (secondary N) is 1. The lowest BCUT2D eigenvalue weighted by atomic mass is 9.97. The van der Waals surface area contributed by atoms with Crippen molar-refractivity contribution in [1.82, 2.24) is 15.1 Å². The van der Waals surface area contributed by atoms with Gasteiger partial charge in [-0.3, -0.25) is 9.59 Å². The molecule has 0 aromatic rings. The first-order valence-corrected chi connectivity index (χ1v) is 9.54. The van der Waals surface area contributed by atoms with E-state index in [0.29, 0.717) is 6.04 Å². The van der Waals surface area contributed by atoms with Crippen molar-refractivity contribution in [2.75, 3.05) is 32.8 Å². The van der Waals surface area contributed by atoms with Crippen LogP contribution >= 0.6 is 0 Å². The van der Waals surface area contributed by atoms with Gasteiger partial charge in [-0.25, -0.2) is 0 Å². The number of amides is 2. The van der Waals surface area contributed by atoms with Gasteiger partial charge in [0.25, 0.3) is 0 Å². The molecule has 0 radical (unpaired) electrons. The molecule has 6 nitrogen and oxygen atoms in total. The second-order valence-electron chi connectivity index (χ2n) is 7.39. The highest BCUT2D eigenvalue weighted by Gasteiger charge is 2.33. The van der Waals surface area contributed by atoms with Crippen molar-refractivity contribution in [3.05, 3.63) is 0 Å². The van der Waals surface area contributed by atoms with Gasteiger partial charge in [0.2, 0.25) is 11.8 Å². The van der Waals surface area contributed by atoms with E-state index < -0.39 is 0 Å². The number of hydrogen-bond acceptors (Lipinski definition) is 4. The van der Waals surface area contributed by atoms with E-state index in [9.17, 15) is 9.59 Å². The summed E-state index contributed by atoms with van der Waals surface area (Å²) in [6, 6.07) is 0.649. The summed E-state index contributed by atoms with van der Waals surface area (Å²) in [5.74, 6) is 0.0682. The van der Waals surface area contributed by atoms with Crippen LogP contribution in [0.1, 0.15) is 51.9 Å². The average Bonchev–Trinajstić information content (AvgIpc) is 2.63. The Morgan fingerprint density at radius 2 is 1.67 bits per heavy atom. The van der Waals surface area contributed by atoms with Crippen molar-refractivity contribution >= 4 is 11.8 Å². The molecule has 0 aliphatic carbocycles. The smallest absolute Gasteiger partial charge is 0.243 e. The number of hydrogen-bond donors (Lipinski definition) is 1. The minimum absolute atomic E-state index is 0.0178. The van der Waals surface area contributed by atoms with E-state index in [2.05, 4.69) is 10.2 Å². The zero-order chi connectivity index (χ0) is 16.9. The Hall–Kier alpha value is -1.14. The lowest BCUT2D eigenvalue weighted by molar-refractivity contribution is -0.141. The number of ether oxygens (including phenoxy) is 1. The second kappa shape index (κ2) is 8.30. The highest BCUT2D eigenvalue weighted by molar-refractivity contribution is 5.87. The third-order valence-corrected chi connectivity index (χ3v) is 5.79. The number of carbonyl (C=O) groups is 2. The number of piperidine rings is 2. The second-order valence-corrected chi connectivity index (χ2v) is 7.39. The van der Waals surface area contributed by atoms with Gasteiger partial charge in [-0.2, -0.15) is 0 Å². The quantitative estimate of drug-likeness (QED) is 0.839. The molecular weight excluding hydrogens is 306 g/mol. The summed E-state index contributed by atoms with van der Waals surface area (Å²) in [6.45, 7) is 6.15.